The van der Waals surface area contributed by atoms with Gasteiger partial charge in [-0.3, -0.25) is 4.79 Å². The molecule has 3 rings (SSSR count). The van der Waals surface area contributed by atoms with Crippen molar-refractivity contribution < 1.29 is 17.9 Å². The fraction of sp³-hybridized carbons (Fsp3) is 0.588. The molecule has 0 radical (unpaired) electrons. The molecule has 0 aliphatic carbocycles. The van der Waals surface area contributed by atoms with Gasteiger partial charge in [-0.2, -0.15) is 0 Å². The van der Waals surface area contributed by atoms with Crippen LogP contribution in [0.2, 0.25) is 0 Å². The van der Waals surface area contributed by atoms with E-state index < -0.39 is 15.6 Å². The van der Waals surface area contributed by atoms with E-state index in [1.54, 1.807) is 4.90 Å². The van der Waals surface area contributed by atoms with Crippen LogP contribution in [0.4, 0.5) is 5.69 Å². The average Bonchev–Trinajstić information content (AvgIpc) is 2.98. The van der Waals surface area contributed by atoms with Gasteiger partial charge in [0.15, 0.2) is 9.84 Å². The van der Waals surface area contributed by atoms with E-state index >= 15 is 0 Å². The van der Waals surface area contributed by atoms with Crippen molar-refractivity contribution in [2.75, 3.05) is 23.0 Å². The molecular weight excluding hydrogens is 314 g/mol. The number of nitrogens with zero attached hydrogens (tertiary/aromatic N) is 1. The summed E-state index contributed by atoms with van der Waals surface area (Å²) < 4.78 is 30.1. The lowest BCUT2D eigenvalue weighted by molar-refractivity contribution is -0.116. The van der Waals surface area contributed by atoms with Crippen LogP contribution in [-0.4, -0.2) is 44.6 Å². The monoisotopic (exact) mass is 337 g/mol. The van der Waals surface area contributed by atoms with Gasteiger partial charge < -0.3 is 9.64 Å². The molecule has 0 aromatic heterocycles. The number of fused-ring (bicyclic) bond motifs is 1. The minimum Gasteiger partial charge on any atom is -0.377 e. The Bertz CT molecular complexity index is 680. The molecular formula is C17H23NO4S. The summed E-state index contributed by atoms with van der Waals surface area (Å²) in [4.78, 5) is 14.3. The van der Waals surface area contributed by atoms with Crippen LogP contribution in [-0.2, 0) is 25.8 Å². The van der Waals surface area contributed by atoms with Gasteiger partial charge in [-0.1, -0.05) is 18.2 Å². The first-order chi connectivity index (χ1) is 11.0. The number of rotatable bonds is 4. The summed E-state index contributed by atoms with van der Waals surface area (Å²) in [6.07, 6.45) is 3.18. The molecule has 1 fully saturated rings. The number of carbonyl (C=O) groups is 1. The first kappa shape index (κ1) is 16.5. The molecule has 0 saturated carbocycles. The highest BCUT2D eigenvalue weighted by molar-refractivity contribution is 7.92. The fourth-order valence-corrected chi connectivity index (χ4v) is 4.91. The Balaban J connectivity index is 1.74. The number of anilines is 1. The second kappa shape index (κ2) is 6.61. The molecule has 5 nitrogen and oxygen atoms in total. The van der Waals surface area contributed by atoms with Gasteiger partial charge in [0.1, 0.15) is 5.75 Å². The molecule has 0 bridgehead atoms. The van der Waals surface area contributed by atoms with Gasteiger partial charge in [-0.25, -0.2) is 8.42 Å². The quantitative estimate of drug-likeness (QED) is 0.842. The number of sulfone groups is 1. The second-order valence-electron chi connectivity index (χ2n) is 6.47. The van der Waals surface area contributed by atoms with Crippen molar-refractivity contribution in [1.29, 1.82) is 0 Å². The molecule has 2 atom stereocenters. The van der Waals surface area contributed by atoms with Gasteiger partial charge in [0, 0.05) is 18.3 Å². The molecule has 126 valence electrons. The molecule has 1 amide bonds. The van der Waals surface area contributed by atoms with Crippen molar-refractivity contribution >= 4 is 21.4 Å². The summed E-state index contributed by atoms with van der Waals surface area (Å²) in [7, 11) is -3.46. The fourth-order valence-electron chi connectivity index (χ4n) is 3.44. The number of carbonyl (C=O) groups excluding carboxylic acids is 1. The molecule has 1 aromatic rings. The van der Waals surface area contributed by atoms with Crippen LogP contribution in [0.5, 0.6) is 0 Å². The van der Waals surface area contributed by atoms with Crippen LogP contribution >= 0.6 is 0 Å². The maximum Gasteiger partial charge on any atom is 0.242 e. The topological polar surface area (TPSA) is 63.7 Å². The zero-order valence-electron chi connectivity index (χ0n) is 13.4. The Labute approximate surface area is 137 Å². The highest BCUT2D eigenvalue weighted by Gasteiger charge is 2.32. The zero-order valence-corrected chi connectivity index (χ0v) is 14.2. The highest BCUT2D eigenvalue weighted by Crippen LogP contribution is 2.30. The van der Waals surface area contributed by atoms with Gasteiger partial charge in [-0.05, 0) is 44.2 Å². The third-order valence-electron chi connectivity index (χ3n) is 4.60. The first-order valence-electron chi connectivity index (χ1n) is 8.18. The second-order valence-corrected chi connectivity index (χ2v) is 8.58. The normalized spacial score (nSPS) is 24.5. The summed E-state index contributed by atoms with van der Waals surface area (Å²) in [6.45, 7) is 2.59. The minimum absolute atomic E-state index is 0.0235. The molecule has 6 heteroatoms. The lowest BCUT2D eigenvalue weighted by atomic mass is 9.97. The SMILES string of the molecule is C[C@H]1CCc2ccccc2N1C(=O)CS(=O)(=O)C[C@H]1CCCO1. The van der Waals surface area contributed by atoms with E-state index in [1.807, 2.05) is 31.2 Å². The van der Waals surface area contributed by atoms with Gasteiger partial charge in [0.25, 0.3) is 0 Å². The minimum atomic E-state index is -3.46. The van der Waals surface area contributed by atoms with Crippen molar-refractivity contribution in [1.82, 2.24) is 0 Å². The number of ether oxygens (including phenoxy) is 1. The van der Waals surface area contributed by atoms with Crippen molar-refractivity contribution in [3.63, 3.8) is 0 Å². The van der Waals surface area contributed by atoms with Crippen molar-refractivity contribution in [3.05, 3.63) is 29.8 Å². The number of para-hydroxylation sites is 1. The van der Waals surface area contributed by atoms with E-state index in [2.05, 4.69) is 0 Å². The average molecular weight is 337 g/mol. The largest absolute Gasteiger partial charge is 0.377 e. The van der Waals surface area contributed by atoms with Crippen LogP contribution in [0.25, 0.3) is 0 Å². The molecule has 1 aromatic carbocycles. The summed E-state index contributed by atoms with van der Waals surface area (Å²) in [5.41, 5.74) is 1.96. The van der Waals surface area contributed by atoms with E-state index in [-0.39, 0.29) is 23.8 Å². The maximum absolute atomic E-state index is 12.7. The Morgan fingerprint density at radius 3 is 2.83 bits per heavy atom. The van der Waals surface area contributed by atoms with E-state index in [4.69, 9.17) is 4.74 Å². The van der Waals surface area contributed by atoms with Gasteiger partial charge in [-0.15, -0.1) is 0 Å². The van der Waals surface area contributed by atoms with Gasteiger partial charge >= 0.3 is 0 Å². The summed E-state index contributed by atoms with van der Waals surface area (Å²) in [5, 5.41) is 0. The molecule has 23 heavy (non-hydrogen) atoms. The van der Waals surface area contributed by atoms with Crippen molar-refractivity contribution in [2.24, 2.45) is 0 Å². The standard InChI is InChI=1S/C17H23NO4S/c1-13-8-9-14-5-2-3-7-16(14)18(13)17(19)12-23(20,21)11-15-6-4-10-22-15/h2-3,5,7,13,15H,4,6,8-12H2,1H3/t13-,15+/m0/s1. The third kappa shape index (κ3) is 3.75. The summed E-state index contributed by atoms with van der Waals surface area (Å²) in [6, 6.07) is 7.76. The molecule has 0 spiro atoms. The molecule has 0 N–H and O–H groups in total. The molecule has 0 unspecified atom stereocenters. The number of aryl methyl sites for hydroxylation is 1. The van der Waals surface area contributed by atoms with E-state index in [0.717, 1.165) is 36.9 Å². The smallest absolute Gasteiger partial charge is 0.242 e. The van der Waals surface area contributed by atoms with Crippen LogP contribution in [0.1, 0.15) is 31.7 Å². The van der Waals surface area contributed by atoms with Crippen molar-refractivity contribution in [3.8, 4) is 0 Å². The summed E-state index contributed by atoms with van der Waals surface area (Å²) >= 11 is 0. The number of benzene rings is 1. The van der Waals surface area contributed by atoms with E-state index in [1.165, 1.54) is 0 Å². The van der Waals surface area contributed by atoms with E-state index in [0.29, 0.717) is 6.61 Å². The Morgan fingerprint density at radius 2 is 2.09 bits per heavy atom. The van der Waals surface area contributed by atoms with Crippen molar-refractivity contribution in [2.45, 2.75) is 44.8 Å². The summed E-state index contributed by atoms with van der Waals surface area (Å²) in [5.74, 6) is -0.823. The zero-order chi connectivity index (χ0) is 16.4. The first-order valence-corrected chi connectivity index (χ1v) is 10.0. The van der Waals surface area contributed by atoms with Crippen LogP contribution in [0.3, 0.4) is 0 Å². The van der Waals surface area contributed by atoms with Crippen LogP contribution < -0.4 is 4.90 Å². The Hall–Kier alpha value is -1.40. The predicted octanol–water partition coefficient (Wildman–Crippen LogP) is 1.95. The van der Waals surface area contributed by atoms with Gasteiger partial charge in [0.2, 0.25) is 5.91 Å². The third-order valence-corrected chi connectivity index (χ3v) is 6.17. The van der Waals surface area contributed by atoms with Crippen LogP contribution in [0.15, 0.2) is 24.3 Å². The Kier molecular flexibility index (Phi) is 4.73. The maximum atomic E-state index is 12.7. The molecule has 1 saturated heterocycles. The highest BCUT2D eigenvalue weighted by atomic mass is 32.2. The van der Waals surface area contributed by atoms with E-state index in [9.17, 15) is 13.2 Å². The molecule has 2 aliphatic rings. The Morgan fingerprint density at radius 1 is 1.30 bits per heavy atom. The number of hydrogen-bond acceptors (Lipinski definition) is 4. The lowest BCUT2D eigenvalue weighted by Gasteiger charge is -2.35. The number of amides is 1. The van der Waals surface area contributed by atoms with Gasteiger partial charge in [0.05, 0.1) is 11.9 Å². The lowest BCUT2D eigenvalue weighted by Crippen LogP contribution is -2.45. The predicted molar refractivity (Wildman–Crippen MR) is 89.3 cm³/mol. The molecule has 2 aliphatic heterocycles. The molecule has 2 heterocycles. The van der Waals surface area contributed by atoms with Crippen LogP contribution in [0, 0.1) is 0 Å². The number of hydrogen-bond donors (Lipinski definition) is 0.